The molecule has 0 aromatic heterocycles. The van der Waals surface area contributed by atoms with E-state index in [1.54, 1.807) is 0 Å². The van der Waals surface area contributed by atoms with Crippen molar-refractivity contribution in [1.29, 1.82) is 0 Å². The molecule has 0 aliphatic carbocycles. The Balaban J connectivity index is 1.62. The van der Waals surface area contributed by atoms with Crippen LogP contribution >= 0.6 is 11.6 Å². The highest BCUT2D eigenvalue weighted by Crippen LogP contribution is 2.32. The number of halogens is 1. The minimum Gasteiger partial charge on any atom is -0.355 e. The summed E-state index contributed by atoms with van der Waals surface area (Å²) >= 11 is 6.41. The fourth-order valence-electron chi connectivity index (χ4n) is 3.40. The molecule has 1 fully saturated rings. The molecule has 1 aliphatic rings. The van der Waals surface area contributed by atoms with Crippen LogP contribution in [-0.4, -0.2) is 50.1 Å². The van der Waals surface area contributed by atoms with Crippen molar-refractivity contribution in [2.75, 3.05) is 39.3 Å². The fourth-order valence-corrected chi connectivity index (χ4v) is 3.66. The van der Waals surface area contributed by atoms with Gasteiger partial charge in [0, 0.05) is 56.6 Å². The molecule has 3 rings (SSSR count). The second-order valence-corrected chi connectivity index (χ2v) is 7.04. The van der Waals surface area contributed by atoms with Crippen LogP contribution in [0, 0.1) is 0 Å². The average Bonchev–Trinajstić information content (AvgIpc) is 2.68. The predicted octanol–water partition coefficient (Wildman–Crippen LogP) is 2.88. The maximum atomic E-state index is 12.6. The molecule has 2 aromatic carbocycles. The van der Waals surface area contributed by atoms with E-state index in [0.29, 0.717) is 18.0 Å². The number of amides is 1. The second kappa shape index (κ2) is 9.72. The minimum atomic E-state index is -0.0379. The summed E-state index contributed by atoms with van der Waals surface area (Å²) < 4.78 is 0. The van der Waals surface area contributed by atoms with Crippen molar-refractivity contribution in [1.82, 2.24) is 15.5 Å². The molecule has 0 spiro atoms. The molecule has 26 heavy (non-hydrogen) atoms. The van der Waals surface area contributed by atoms with Gasteiger partial charge in [-0.25, -0.2) is 0 Å². The smallest absolute Gasteiger partial charge is 0.220 e. The summed E-state index contributed by atoms with van der Waals surface area (Å²) in [4.78, 5) is 14.9. The van der Waals surface area contributed by atoms with E-state index in [9.17, 15) is 4.79 Å². The van der Waals surface area contributed by atoms with E-state index in [1.807, 2.05) is 42.5 Å². The third-order valence-corrected chi connectivity index (χ3v) is 5.18. The van der Waals surface area contributed by atoms with E-state index in [-0.39, 0.29) is 11.8 Å². The van der Waals surface area contributed by atoms with E-state index < -0.39 is 0 Å². The van der Waals surface area contributed by atoms with E-state index in [1.165, 1.54) is 0 Å². The molecular formula is C21H26ClN3O. The first-order valence-electron chi connectivity index (χ1n) is 9.23. The van der Waals surface area contributed by atoms with Gasteiger partial charge in [-0.3, -0.25) is 9.69 Å². The molecule has 1 saturated heterocycles. The van der Waals surface area contributed by atoms with Crippen LogP contribution in [0.1, 0.15) is 23.5 Å². The lowest BCUT2D eigenvalue weighted by molar-refractivity contribution is -0.121. The Labute approximate surface area is 160 Å². The van der Waals surface area contributed by atoms with Crippen LogP contribution in [0.5, 0.6) is 0 Å². The molecule has 0 saturated carbocycles. The highest BCUT2D eigenvalue weighted by molar-refractivity contribution is 6.31. The number of nitrogens with zero attached hydrogens (tertiary/aromatic N) is 1. The zero-order valence-corrected chi connectivity index (χ0v) is 15.7. The number of nitrogens with one attached hydrogen (secondary N) is 2. The van der Waals surface area contributed by atoms with Gasteiger partial charge < -0.3 is 10.6 Å². The van der Waals surface area contributed by atoms with Crippen LogP contribution in [0.25, 0.3) is 0 Å². The van der Waals surface area contributed by atoms with E-state index in [4.69, 9.17) is 11.6 Å². The van der Waals surface area contributed by atoms with Crippen LogP contribution in [-0.2, 0) is 4.79 Å². The van der Waals surface area contributed by atoms with Gasteiger partial charge in [-0.05, 0) is 17.2 Å². The molecule has 0 unspecified atom stereocenters. The van der Waals surface area contributed by atoms with Gasteiger partial charge >= 0.3 is 0 Å². The SMILES string of the molecule is O=C(C[C@H](c1ccccc1)c1ccccc1Cl)NCCN1CCNCC1. The van der Waals surface area contributed by atoms with Gasteiger partial charge in [-0.2, -0.15) is 0 Å². The Bertz CT molecular complexity index is 701. The maximum Gasteiger partial charge on any atom is 0.220 e. The van der Waals surface area contributed by atoms with Crippen molar-refractivity contribution >= 4 is 17.5 Å². The third-order valence-electron chi connectivity index (χ3n) is 4.83. The third kappa shape index (κ3) is 5.31. The standard InChI is InChI=1S/C21H26ClN3O/c22-20-9-5-4-8-18(20)19(17-6-2-1-3-7-17)16-21(26)24-12-15-25-13-10-23-11-14-25/h1-9,19,23H,10-16H2,(H,24,26)/t19-/m1/s1. The summed E-state index contributed by atoms with van der Waals surface area (Å²) in [6.45, 7) is 5.72. The van der Waals surface area contributed by atoms with Gasteiger partial charge in [0.25, 0.3) is 0 Å². The number of piperazine rings is 1. The molecule has 1 heterocycles. The number of carbonyl (C=O) groups excluding carboxylic acids is 1. The first kappa shape index (κ1) is 18.9. The second-order valence-electron chi connectivity index (χ2n) is 6.63. The van der Waals surface area contributed by atoms with Crippen molar-refractivity contribution in [2.45, 2.75) is 12.3 Å². The van der Waals surface area contributed by atoms with E-state index >= 15 is 0 Å². The minimum absolute atomic E-state index is 0.0379. The van der Waals surface area contributed by atoms with Gasteiger partial charge in [0.05, 0.1) is 0 Å². The number of rotatable bonds is 7. The molecule has 1 amide bonds. The van der Waals surface area contributed by atoms with Crippen LogP contribution in [0.3, 0.4) is 0 Å². The first-order chi connectivity index (χ1) is 12.7. The zero-order chi connectivity index (χ0) is 18.2. The quantitative estimate of drug-likeness (QED) is 0.786. The Morgan fingerprint density at radius 1 is 1.08 bits per heavy atom. The van der Waals surface area contributed by atoms with E-state index in [0.717, 1.165) is 43.9 Å². The van der Waals surface area contributed by atoms with Crippen molar-refractivity contribution in [3.8, 4) is 0 Å². The predicted molar refractivity (Wildman–Crippen MR) is 107 cm³/mol. The summed E-state index contributed by atoms with van der Waals surface area (Å²) in [6, 6.07) is 17.9. The van der Waals surface area contributed by atoms with Crippen LogP contribution in [0.15, 0.2) is 54.6 Å². The lowest BCUT2D eigenvalue weighted by atomic mass is 9.88. The fraction of sp³-hybridized carbons (Fsp3) is 0.381. The highest BCUT2D eigenvalue weighted by Gasteiger charge is 2.20. The normalized spacial score (nSPS) is 16.2. The van der Waals surface area contributed by atoms with Gasteiger partial charge in [-0.15, -0.1) is 0 Å². The molecular weight excluding hydrogens is 346 g/mol. The van der Waals surface area contributed by atoms with Crippen molar-refractivity contribution in [3.63, 3.8) is 0 Å². The molecule has 5 heteroatoms. The average molecular weight is 372 g/mol. The largest absolute Gasteiger partial charge is 0.355 e. The van der Waals surface area contributed by atoms with Crippen molar-refractivity contribution < 1.29 is 4.79 Å². The van der Waals surface area contributed by atoms with Crippen LogP contribution in [0.2, 0.25) is 5.02 Å². The first-order valence-corrected chi connectivity index (χ1v) is 9.61. The topological polar surface area (TPSA) is 44.4 Å². The lowest BCUT2D eigenvalue weighted by Crippen LogP contribution is -2.46. The summed E-state index contributed by atoms with van der Waals surface area (Å²) in [7, 11) is 0. The molecule has 0 radical (unpaired) electrons. The molecule has 138 valence electrons. The van der Waals surface area contributed by atoms with Crippen molar-refractivity contribution in [2.24, 2.45) is 0 Å². The van der Waals surface area contributed by atoms with Gasteiger partial charge in [0.2, 0.25) is 5.91 Å². The molecule has 0 bridgehead atoms. The molecule has 2 N–H and O–H groups in total. The molecule has 1 atom stereocenters. The Kier molecular flexibility index (Phi) is 7.06. The molecule has 1 aliphatic heterocycles. The van der Waals surface area contributed by atoms with Gasteiger partial charge in [-0.1, -0.05) is 60.1 Å². The Hall–Kier alpha value is -1.88. The summed E-state index contributed by atoms with van der Waals surface area (Å²) in [5.74, 6) is 0.0259. The summed E-state index contributed by atoms with van der Waals surface area (Å²) in [6.07, 6.45) is 0.398. The maximum absolute atomic E-state index is 12.6. The van der Waals surface area contributed by atoms with Crippen LogP contribution < -0.4 is 10.6 Å². The molecule has 4 nitrogen and oxygen atoms in total. The number of benzene rings is 2. The van der Waals surface area contributed by atoms with Gasteiger partial charge in [0.1, 0.15) is 0 Å². The highest BCUT2D eigenvalue weighted by atomic mass is 35.5. The zero-order valence-electron chi connectivity index (χ0n) is 15.0. The van der Waals surface area contributed by atoms with E-state index in [2.05, 4.69) is 27.7 Å². The van der Waals surface area contributed by atoms with Crippen molar-refractivity contribution in [3.05, 3.63) is 70.7 Å². The Morgan fingerprint density at radius 2 is 1.77 bits per heavy atom. The Morgan fingerprint density at radius 3 is 2.50 bits per heavy atom. The number of carbonyl (C=O) groups is 1. The molecule has 2 aromatic rings. The number of hydrogen-bond acceptors (Lipinski definition) is 3. The number of hydrogen-bond donors (Lipinski definition) is 2. The van der Waals surface area contributed by atoms with Crippen LogP contribution in [0.4, 0.5) is 0 Å². The monoisotopic (exact) mass is 371 g/mol. The van der Waals surface area contributed by atoms with Gasteiger partial charge in [0.15, 0.2) is 0 Å². The summed E-state index contributed by atoms with van der Waals surface area (Å²) in [5.41, 5.74) is 2.11. The summed E-state index contributed by atoms with van der Waals surface area (Å²) in [5, 5.41) is 7.12. The lowest BCUT2D eigenvalue weighted by Gasteiger charge is -2.27.